The number of nitrogens with zero attached hydrogens (tertiary/aromatic N) is 2. The van der Waals surface area contributed by atoms with Crippen molar-refractivity contribution in [1.82, 2.24) is 15.0 Å². The molecule has 2 aromatic heterocycles. The number of ether oxygens (including phenoxy) is 1. The number of aliphatic hydroxyl groups is 1. The number of aryl methyl sites for hydroxylation is 1. The molecule has 7 nitrogen and oxygen atoms in total. The van der Waals surface area contributed by atoms with Crippen LogP contribution in [0.5, 0.6) is 0 Å². The predicted molar refractivity (Wildman–Crippen MR) is 107 cm³/mol. The Morgan fingerprint density at radius 3 is 2.82 bits per heavy atom. The van der Waals surface area contributed by atoms with E-state index < -0.39 is 6.10 Å². The number of anilines is 1. The molecule has 3 N–H and O–H groups in total. The highest BCUT2D eigenvalue weighted by Gasteiger charge is 2.26. The molecule has 1 fully saturated rings. The summed E-state index contributed by atoms with van der Waals surface area (Å²) in [5.41, 5.74) is 2.76. The molecule has 1 saturated heterocycles. The third kappa shape index (κ3) is 3.50. The molecule has 1 aromatic carbocycles. The number of carbonyl (C=O) groups is 1. The molecular weight excluding hydrogens is 356 g/mol. The van der Waals surface area contributed by atoms with Crippen molar-refractivity contribution in [1.29, 1.82) is 0 Å². The summed E-state index contributed by atoms with van der Waals surface area (Å²) in [5, 5.41) is 13.8. The molecule has 3 aromatic rings. The molecule has 0 saturated carbocycles. The lowest BCUT2D eigenvalue weighted by Crippen LogP contribution is -2.39. The van der Waals surface area contributed by atoms with Gasteiger partial charge in [0, 0.05) is 11.8 Å². The molecule has 3 atom stereocenters. The number of fused-ring (bicyclic) bond motifs is 1. The van der Waals surface area contributed by atoms with Gasteiger partial charge >= 0.3 is 0 Å². The molecule has 1 aliphatic rings. The number of rotatable bonds is 5. The Morgan fingerprint density at radius 2 is 2.11 bits per heavy atom. The van der Waals surface area contributed by atoms with E-state index in [4.69, 9.17) is 4.74 Å². The minimum Gasteiger partial charge on any atom is -0.391 e. The summed E-state index contributed by atoms with van der Waals surface area (Å²) in [6, 6.07) is 7.60. The average Bonchev–Trinajstić information content (AvgIpc) is 3.13. The van der Waals surface area contributed by atoms with Gasteiger partial charge in [0.05, 0.1) is 35.8 Å². The van der Waals surface area contributed by atoms with Gasteiger partial charge < -0.3 is 20.1 Å². The second kappa shape index (κ2) is 7.69. The predicted octanol–water partition coefficient (Wildman–Crippen LogP) is 2.84. The minimum atomic E-state index is -0.477. The number of nitrogens with one attached hydrogen (secondary N) is 2. The second-order valence-electron chi connectivity index (χ2n) is 7.32. The van der Waals surface area contributed by atoms with Crippen molar-refractivity contribution in [2.45, 2.75) is 44.9 Å². The van der Waals surface area contributed by atoms with Crippen LogP contribution in [-0.2, 0) is 4.74 Å². The van der Waals surface area contributed by atoms with E-state index >= 15 is 0 Å². The Labute approximate surface area is 163 Å². The fraction of sp³-hybridized carbons (Fsp3) is 0.381. The fourth-order valence-corrected chi connectivity index (χ4v) is 3.68. The van der Waals surface area contributed by atoms with Crippen LogP contribution in [-0.4, -0.2) is 50.7 Å². The molecule has 146 valence electrons. The van der Waals surface area contributed by atoms with Gasteiger partial charge in [-0.2, -0.15) is 0 Å². The van der Waals surface area contributed by atoms with Crippen molar-refractivity contribution in [2.75, 3.05) is 11.9 Å². The summed E-state index contributed by atoms with van der Waals surface area (Å²) in [4.78, 5) is 24.9. The number of hydrogen-bond acceptors (Lipinski definition) is 6. The van der Waals surface area contributed by atoms with Crippen LogP contribution >= 0.6 is 0 Å². The molecule has 7 heteroatoms. The zero-order valence-corrected chi connectivity index (χ0v) is 16.0. The maximum Gasteiger partial charge on any atom is 0.195 e. The first kappa shape index (κ1) is 18.6. The van der Waals surface area contributed by atoms with Crippen molar-refractivity contribution in [3.05, 3.63) is 53.5 Å². The number of carbonyl (C=O) groups excluding carboxylic acids is 1. The van der Waals surface area contributed by atoms with Gasteiger partial charge in [-0.25, -0.2) is 9.97 Å². The van der Waals surface area contributed by atoms with Gasteiger partial charge in [-0.05, 0) is 32.3 Å². The zero-order chi connectivity index (χ0) is 19.7. The van der Waals surface area contributed by atoms with Crippen LogP contribution in [0.4, 0.5) is 5.82 Å². The largest absolute Gasteiger partial charge is 0.391 e. The van der Waals surface area contributed by atoms with Gasteiger partial charge in [-0.15, -0.1) is 0 Å². The summed E-state index contributed by atoms with van der Waals surface area (Å²) < 4.78 is 5.75. The normalized spacial score (nSPS) is 20.8. The first-order valence-corrected chi connectivity index (χ1v) is 9.53. The quantitative estimate of drug-likeness (QED) is 0.589. The summed E-state index contributed by atoms with van der Waals surface area (Å²) >= 11 is 0. The van der Waals surface area contributed by atoms with E-state index in [-0.39, 0.29) is 17.9 Å². The van der Waals surface area contributed by atoms with Crippen molar-refractivity contribution < 1.29 is 14.6 Å². The Morgan fingerprint density at radius 1 is 1.29 bits per heavy atom. The standard InChI is InChI=1S/C21H24N4O3/c1-12-5-3-4-6-15(12)19(27)16-9-22-20-18(16)21(24-11-23-20)25-14-7-8-17(13(2)26)28-10-14/h3-6,9,11,13-14,17,26H,7-8,10H2,1-2H3,(H2,22,23,24,25)/t13?,14-,17+/m1/s1. The summed E-state index contributed by atoms with van der Waals surface area (Å²) in [7, 11) is 0. The van der Waals surface area contributed by atoms with E-state index in [2.05, 4.69) is 20.3 Å². The molecule has 0 radical (unpaired) electrons. The first-order valence-electron chi connectivity index (χ1n) is 9.53. The average molecular weight is 380 g/mol. The Hall–Kier alpha value is -2.77. The molecule has 28 heavy (non-hydrogen) atoms. The van der Waals surface area contributed by atoms with Gasteiger partial charge in [0.25, 0.3) is 0 Å². The number of aromatic amines is 1. The number of H-pyrrole nitrogens is 1. The number of ketones is 1. The van der Waals surface area contributed by atoms with E-state index in [0.717, 1.165) is 18.4 Å². The SMILES string of the molecule is Cc1ccccc1C(=O)c1c[nH]c2ncnc(N[C@@H]3CC[C@@H](C(C)O)OC3)c12. The van der Waals surface area contributed by atoms with Gasteiger partial charge in [0.1, 0.15) is 17.8 Å². The number of aromatic nitrogens is 3. The molecule has 4 rings (SSSR count). The van der Waals surface area contributed by atoms with Gasteiger partial charge in [0.15, 0.2) is 5.78 Å². The zero-order valence-electron chi connectivity index (χ0n) is 16.0. The van der Waals surface area contributed by atoms with E-state index in [0.29, 0.717) is 34.6 Å². The van der Waals surface area contributed by atoms with Crippen LogP contribution in [0.25, 0.3) is 11.0 Å². The van der Waals surface area contributed by atoms with E-state index in [1.807, 2.05) is 31.2 Å². The monoisotopic (exact) mass is 380 g/mol. The van der Waals surface area contributed by atoms with Gasteiger partial charge in [-0.3, -0.25) is 4.79 Å². The number of benzene rings is 1. The van der Waals surface area contributed by atoms with Gasteiger partial charge in [-0.1, -0.05) is 24.3 Å². The third-order valence-electron chi connectivity index (χ3n) is 5.29. The van der Waals surface area contributed by atoms with Gasteiger partial charge in [0.2, 0.25) is 0 Å². The Bertz CT molecular complexity index is 990. The lowest BCUT2D eigenvalue weighted by Gasteiger charge is -2.31. The van der Waals surface area contributed by atoms with E-state index in [1.165, 1.54) is 6.33 Å². The molecule has 1 unspecified atom stereocenters. The maximum absolute atomic E-state index is 13.1. The third-order valence-corrected chi connectivity index (χ3v) is 5.29. The van der Waals surface area contributed by atoms with E-state index in [9.17, 15) is 9.90 Å². The molecule has 0 aliphatic carbocycles. The summed E-state index contributed by atoms with van der Waals surface area (Å²) in [6.07, 6.45) is 4.19. The van der Waals surface area contributed by atoms with E-state index in [1.54, 1.807) is 13.1 Å². The van der Waals surface area contributed by atoms with Crippen LogP contribution in [0.3, 0.4) is 0 Å². The smallest absolute Gasteiger partial charge is 0.195 e. The van der Waals surface area contributed by atoms with Crippen LogP contribution in [0.2, 0.25) is 0 Å². The van der Waals surface area contributed by atoms with Crippen molar-refractivity contribution >= 4 is 22.6 Å². The summed E-state index contributed by atoms with van der Waals surface area (Å²) in [5.74, 6) is 0.559. The van der Waals surface area contributed by atoms with Crippen molar-refractivity contribution in [3.63, 3.8) is 0 Å². The minimum absolute atomic E-state index is 0.0590. The Balaban J connectivity index is 1.63. The van der Waals surface area contributed by atoms with Crippen molar-refractivity contribution in [2.24, 2.45) is 0 Å². The topological polar surface area (TPSA) is 100 Å². The van der Waals surface area contributed by atoms with Crippen LogP contribution in [0, 0.1) is 6.92 Å². The first-order chi connectivity index (χ1) is 13.5. The van der Waals surface area contributed by atoms with Crippen LogP contribution in [0.15, 0.2) is 36.8 Å². The van der Waals surface area contributed by atoms with Crippen LogP contribution in [0.1, 0.15) is 41.3 Å². The highest BCUT2D eigenvalue weighted by atomic mass is 16.5. The van der Waals surface area contributed by atoms with Crippen LogP contribution < -0.4 is 5.32 Å². The highest BCUT2D eigenvalue weighted by Crippen LogP contribution is 2.28. The molecule has 0 bridgehead atoms. The summed E-state index contributed by atoms with van der Waals surface area (Å²) in [6.45, 7) is 4.15. The molecule has 1 aliphatic heterocycles. The highest BCUT2D eigenvalue weighted by molar-refractivity contribution is 6.18. The lowest BCUT2D eigenvalue weighted by molar-refractivity contribution is -0.0584. The maximum atomic E-state index is 13.1. The Kier molecular flexibility index (Phi) is 5.11. The lowest BCUT2D eigenvalue weighted by atomic mass is 9.99. The molecule has 0 spiro atoms. The molecular formula is C21H24N4O3. The molecule has 3 heterocycles. The number of aliphatic hydroxyl groups excluding tert-OH is 1. The van der Waals surface area contributed by atoms with Crippen molar-refractivity contribution in [3.8, 4) is 0 Å². The fourth-order valence-electron chi connectivity index (χ4n) is 3.68. The second-order valence-corrected chi connectivity index (χ2v) is 7.32. The number of hydrogen-bond donors (Lipinski definition) is 3. The molecule has 0 amide bonds.